The van der Waals surface area contributed by atoms with Crippen molar-refractivity contribution in [3.05, 3.63) is 17.0 Å². The summed E-state index contributed by atoms with van der Waals surface area (Å²) in [6, 6.07) is 0.694. The molecule has 2 heterocycles. The Hall–Kier alpha value is -0.870. The number of aryl methyl sites for hydroxylation is 2. The van der Waals surface area contributed by atoms with Crippen molar-refractivity contribution in [2.75, 3.05) is 20.1 Å². The summed E-state index contributed by atoms with van der Waals surface area (Å²) in [7, 11) is 4.07. The summed E-state index contributed by atoms with van der Waals surface area (Å²) in [6.07, 6.45) is 2.64. The number of likely N-dealkylation sites (N-methyl/N-ethyl adjacent to an activating group) is 1. The van der Waals surface area contributed by atoms with Gasteiger partial charge in [-0.1, -0.05) is 0 Å². The average Bonchev–Trinajstić information content (AvgIpc) is 2.81. The van der Waals surface area contributed by atoms with Crippen molar-refractivity contribution in [3.8, 4) is 0 Å². The first-order valence-corrected chi connectivity index (χ1v) is 6.51. The minimum Gasteiger partial charge on any atom is -0.318 e. The molecule has 1 aromatic rings. The Balaban J connectivity index is 2.09. The maximum absolute atomic E-state index is 4.50. The Kier molecular flexibility index (Phi) is 3.84. The Morgan fingerprint density at radius 2 is 2.18 bits per heavy atom. The van der Waals surface area contributed by atoms with Gasteiger partial charge >= 0.3 is 0 Å². The first-order valence-electron chi connectivity index (χ1n) is 6.51. The quantitative estimate of drug-likeness (QED) is 0.853. The summed E-state index contributed by atoms with van der Waals surface area (Å²) < 4.78 is 1.99. The highest BCUT2D eigenvalue weighted by Gasteiger charge is 2.25. The minimum absolute atomic E-state index is 0.694. The number of rotatable bonds is 4. The molecule has 1 aromatic heterocycles. The summed E-state index contributed by atoms with van der Waals surface area (Å²) in [4.78, 5) is 2.59. The molecule has 1 saturated heterocycles. The van der Waals surface area contributed by atoms with Crippen molar-refractivity contribution in [1.82, 2.24) is 20.0 Å². The molecule has 1 aliphatic heterocycles. The molecule has 0 aromatic carbocycles. The number of nitrogens with zero attached hydrogens (tertiary/aromatic N) is 3. The van der Waals surface area contributed by atoms with Crippen LogP contribution in [-0.2, 0) is 13.6 Å². The molecular formula is C13H24N4. The van der Waals surface area contributed by atoms with Crippen LogP contribution in [0.1, 0.15) is 29.8 Å². The molecular weight excluding hydrogens is 212 g/mol. The van der Waals surface area contributed by atoms with Gasteiger partial charge in [-0.2, -0.15) is 5.10 Å². The second-order valence-corrected chi connectivity index (χ2v) is 5.10. The van der Waals surface area contributed by atoms with Crippen LogP contribution in [0.3, 0.4) is 0 Å². The maximum atomic E-state index is 4.50. The van der Waals surface area contributed by atoms with E-state index in [1.807, 2.05) is 18.8 Å². The summed E-state index contributed by atoms with van der Waals surface area (Å²) in [5, 5.41) is 7.80. The van der Waals surface area contributed by atoms with Gasteiger partial charge in [0.05, 0.1) is 5.69 Å². The molecule has 0 bridgehead atoms. The molecule has 1 atom stereocenters. The number of likely N-dealkylation sites (tertiary alicyclic amines) is 1. The molecule has 0 radical (unpaired) electrons. The molecule has 0 spiro atoms. The van der Waals surface area contributed by atoms with E-state index >= 15 is 0 Å². The van der Waals surface area contributed by atoms with E-state index in [0.29, 0.717) is 6.04 Å². The van der Waals surface area contributed by atoms with Crippen LogP contribution in [0.15, 0.2) is 0 Å². The van der Waals surface area contributed by atoms with Crippen LogP contribution in [0.4, 0.5) is 0 Å². The van der Waals surface area contributed by atoms with E-state index in [9.17, 15) is 0 Å². The van der Waals surface area contributed by atoms with E-state index in [-0.39, 0.29) is 0 Å². The highest BCUT2D eigenvalue weighted by atomic mass is 15.3. The molecule has 0 aliphatic carbocycles. The van der Waals surface area contributed by atoms with Crippen LogP contribution in [0.25, 0.3) is 0 Å². The second kappa shape index (κ2) is 5.19. The number of aromatic nitrogens is 2. The van der Waals surface area contributed by atoms with Gasteiger partial charge < -0.3 is 5.32 Å². The standard InChI is InChI=1S/C13H24N4/c1-10-13(11(2)16(4)15-10)9-17-7-5-6-12(17)8-14-3/h12,14H,5-9H2,1-4H3. The lowest BCUT2D eigenvalue weighted by atomic mass is 10.1. The summed E-state index contributed by atoms with van der Waals surface area (Å²) >= 11 is 0. The largest absolute Gasteiger partial charge is 0.318 e. The van der Waals surface area contributed by atoms with Crippen LogP contribution >= 0.6 is 0 Å². The van der Waals surface area contributed by atoms with E-state index in [1.54, 1.807) is 0 Å². The molecule has 1 fully saturated rings. The normalized spacial score (nSPS) is 21.3. The van der Waals surface area contributed by atoms with E-state index in [2.05, 4.69) is 29.2 Å². The van der Waals surface area contributed by atoms with Crippen molar-refractivity contribution in [2.24, 2.45) is 7.05 Å². The van der Waals surface area contributed by atoms with E-state index in [4.69, 9.17) is 0 Å². The van der Waals surface area contributed by atoms with E-state index < -0.39 is 0 Å². The Labute approximate surface area is 104 Å². The summed E-state index contributed by atoms with van der Waals surface area (Å²) in [5.41, 5.74) is 3.90. The molecule has 4 nitrogen and oxygen atoms in total. The molecule has 1 unspecified atom stereocenters. The lowest BCUT2D eigenvalue weighted by Crippen LogP contribution is -2.36. The molecule has 0 amide bonds. The number of nitrogens with one attached hydrogen (secondary N) is 1. The van der Waals surface area contributed by atoms with Gasteiger partial charge in [-0.3, -0.25) is 9.58 Å². The van der Waals surface area contributed by atoms with Crippen molar-refractivity contribution < 1.29 is 0 Å². The van der Waals surface area contributed by atoms with Gasteiger partial charge in [-0.15, -0.1) is 0 Å². The highest BCUT2D eigenvalue weighted by molar-refractivity contribution is 5.24. The lowest BCUT2D eigenvalue weighted by Gasteiger charge is -2.24. The predicted molar refractivity (Wildman–Crippen MR) is 70.0 cm³/mol. The zero-order valence-electron chi connectivity index (χ0n) is 11.5. The van der Waals surface area contributed by atoms with Gasteiger partial charge in [0.25, 0.3) is 0 Å². The van der Waals surface area contributed by atoms with Crippen molar-refractivity contribution in [2.45, 2.75) is 39.3 Å². The number of hydrogen-bond donors (Lipinski definition) is 1. The van der Waals surface area contributed by atoms with Crippen molar-refractivity contribution in [3.63, 3.8) is 0 Å². The predicted octanol–water partition coefficient (Wildman–Crippen LogP) is 1.22. The third kappa shape index (κ3) is 2.53. The molecule has 4 heteroatoms. The molecule has 2 rings (SSSR count). The van der Waals surface area contributed by atoms with Gasteiger partial charge in [-0.25, -0.2) is 0 Å². The third-order valence-electron chi connectivity index (χ3n) is 3.96. The fraction of sp³-hybridized carbons (Fsp3) is 0.769. The monoisotopic (exact) mass is 236 g/mol. The van der Waals surface area contributed by atoms with Gasteiger partial charge in [0.1, 0.15) is 0 Å². The summed E-state index contributed by atoms with van der Waals surface area (Å²) in [6.45, 7) is 7.65. The zero-order chi connectivity index (χ0) is 12.4. The first-order chi connectivity index (χ1) is 8.13. The lowest BCUT2D eigenvalue weighted by molar-refractivity contribution is 0.241. The van der Waals surface area contributed by atoms with Crippen LogP contribution in [0, 0.1) is 13.8 Å². The summed E-state index contributed by atoms with van der Waals surface area (Å²) in [5.74, 6) is 0. The molecule has 1 aliphatic rings. The van der Waals surface area contributed by atoms with Gasteiger partial charge in [0, 0.05) is 37.4 Å². The minimum atomic E-state index is 0.694. The smallest absolute Gasteiger partial charge is 0.0641 e. The highest BCUT2D eigenvalue weighted by Crippen LogP contribution is 2.22. The maximum Gasteiger partial charge on any atom is 0.0641 e. The van der Waals surface area contributed by atoms with Crippen LogP contribution in [0.2, 0.25) is 0 Å². The number of hydrogen-bond acceptors (Lipinski definition) is 3. The van der Waals surface area contributed by atoms with Crippen LogP contribution in [0.5, 0.6) is 0 Å². The van der Waals surface area contributed by atoms with E-state index in [0.717, 1.165) is 13.1 Å². The van der Waals surface area contributed by atoms with Gasteiger partial charge in [0.15, 0.2) is 0 Å². The van der Waals surface area contributed by atoms with E-state index in [1.165, 1.54) is 36.3 Å². The Bertz CT molecular complexity index is 383. The molecule has 17 heavy (non-hydrogen) atoms. The van der Waals surface area contributed by atoms with Crippen LogP contribution < -0.4 is 5.32 Å². The van der Waals surface area contributed by atoms with Crippen LogP contribution in [-0.4, -0.2) is 40.9 Å². The fourth-order valence-corrected chi connectivity index (χ4v) is 2.82. The third-order valence-corrected chi connectivity index (χ3v) is 3.96. The second-order valence-electron chi connectivity index (χ2n) is 5.10. The fourth-order valence-electron chi connectivity index (χ4n) is 2.82. The molecule has 1 N–H and O–H groups in total. The SMILES string of the molecule is CNCC1CCCN1Cc1c(C)nn(C)c1C. The average molecular weight is 236 g/mol. The van der Waals surface area contributed by atoms with Gasteiger partial charge in [0.2, 0.25) is 0 Å². The molecule has 0 saturated carbocycles. The first kappa shape index (κ1) is 12.6. The van der Waals surface area contributed by atoms with Gasteiger partial charge in [-0.05, 0) is 40.3 Å². The Morgan fingerprint density at radius 3 is 2.76 bits per heavy atom. The topological polar surface area (TPSA) is 33.1 Å². The zero-order valence-corrected chi connectivity index (χ0v) is 11.5. The Morgan fingerprint density at radius 1 is 1.41 bits per heavy atom. The van der Waals surface area contributed by atoms with Crippen molar-refractivity contribution >= 4 is 0 Å². The molecule has 96 valence electrons. The van der Waals surface area contributed by atoms with Crippen molar-refractivity contribution in [1.29, 1.82) is 0 Å².